The van der Waals surface area contributed by atoms with E-state index in [0.29, 0.717) is 23.7 Å². The molecular weight excluding hydrogens is 430 g/mol. The fourth-order valence-electron chi connectivity index (χ4n) is 4.34. The van der Waals surface area contributed by atoms with Gasteiger partial charge in [-0.15, -0.1) is 0 Å². The number of hydrogen-bond donors (Lipinski definition) is 2. The van der Waals surface area contributed by atoms with Gasteiger partial charge in [0, 0.05) is 16.8 Å². The van der Waals surface area contributed by atoms with Crippen molar-refractivity contribution < 1.29 is 19.4 Å². The van der Waals surface area contributed by atoms with Gasteiger partial charge in [0.15, 0.2) is 0 Å². The maximum Gasteiger partial charge on any atom is 0.335 e. The summed E-state index contributed by atoms with van der Waals surface area (Å²) in [5, 5.41) is 16.7. The molecule has 1 amide bonds. The van der Waals surface area contributed by atoms with Crippen LogP contribution in [0, 0.1) is 6.92 Å². The number of carboxylic acids is 1. The molecule has 3 aromatic carbocycles. The molecule has 4 aromatic rings. The molecule has 7 nitrogen and oxygen atoms in total. The van der Waals surface area contributed by atoms with Gasteiger partial charge in [0.05, 0.1) is 23.9 Å². The first-order chi connectivity index (χ1) is 16.5. The number of aryl methyl sites for hydroxylation is 1. The zero-order valence-corrected chi connectivity index (χ0v) is 18.8. The van der Waals surface area contributed by atoms with Crippen molar-refractivity contribution in [3.8, 4) is 17.0 Å². The highest BCUT2D eigenvalue weighted by atomic mass is 16.5. The molecule has 2 heterocycles. The van der Waals surface area contributed by atoms with E-state index in [9.17, 15) is 14.7 Å². The van der Waals surface area contributed by atoms with Gasteiger partial charge in [-0.25, -0.2) is 4.79 Å². The number of aromatic nitrogens is 2. The Morgan fingerprint density at radius 3 is 2.32 bits per heavy atom. The van der Waals surface area contributed by atoms with Gasteiger partial charge in [-0.1, -0.05) is 42.0 Å². The summed E-state index contributed by atoms with van der Waals surface area (Å²) in [6.45, 7) is 4.51. The van der Waals surface area contributed by atoms with Crippen LogP contribution < -0.4 is 9.64 Å². The van der Waals surface area contributed by atoms with Crippen LogP contribution in [-0.4, -0.2) is 33.8 Å². The van der Waals surface area contributed by atoms with Gasteiger partial charge in [0.2, 0.25) is 0 Å². The van der Waals surface area contributed by atoms with Crippen LogP contribution in [0.4, 0.5) is 5.69 Å². The minimum Gasteiger partial charge on any atom is -0.494 e. The van der Waals surface area contributed by atoms with Crippen molar-refractivity contribution in [2.45, 2.75) is 19.9 Å². The number of aromatic amines is 1. The van der Waals surface area contributed by atoms with E-state index in [2.05, 4.69) is 10.2 Å². The number of anilines is 1. The maximum absolute atomic E-state index is 13.6. The molecule has 1 aliphatic heterocycles. The Labute approximate surface area is 196 Å². The first-order valence-electron chi connectivity index (χ1n) is 11.0. The Hall–Kier alpha value is -4.39. The van der Waals surface area contributed by atoms with Gasteiger partial charge in [-0.2, -0.15) is 5.10 Å². The zero-order chi connectivity index (χ0) is 23.8. The Morgan fingerprint density at radius 2 is 1.71 bits per heavy atom. The first kappa shape index (κ1) is 21.5. The van der Waals surface area contributed by atoms with Crippen LogP contribution >= 0.6 is 0 Å². The molecule has 0 radical (unpaired) electrons. The molecule has 1 atom stereocenters. The van der Waals surface area contributed by atoms with Crippen molar-refractivity contribution in [3.05, 3.63) is 101 Å². The highest BCUT2D eigenvalue weighted by Crippen LogP contribution is 2.45. The van der Waals surface area contributed by atoms with Crippen LogP contribution in [-0.2, 0) is 0 Å². The van der Waals surface area contributed by atoms with Gasteiger partial charge in [0.1, 0.15) is 11.4 Å². The van der Waals surface area contributed by atoms with E-state index < -0.39 is 12.0 Å². The summed E-state index contributed by atoms with van der Waals surface area (Å²) in [4.78, 5) is 26.6. The van der Waals surface area contributed by atoms with Crippen molar-refractivity contribution in [3.63, 3.8) is 0 Å². The molecule has 0 fully saturated rings. The van der Waals surface area contributed by atoms with Gasteiger partial charge in [-0.3, -0.25) is 14.8 Å². The summed E-state index contributed by atoms with van der Waals surface area (Å²) in [5.74, 6) is -0.486. The van der Waals surface area contributed by atoms with E-state index in [1.807, 2.05) is 62.4 Å². The summed E-state index contributed by atoms with van der Waals surface area (Å²) >= 11 is 0. The highest BCUT2D eigenvalue weighted by Gasteiger charge is 2.43. The normalized spacial score (nSPS) is 14.8. The number of rotatable bonds is 6. The predicted molar refractivity (Wildman–Crippen MR) is 128 cm³/mol. The van der Waals surface area contributed by atoms with E-state index in [4.69, 9.17) is 4.74 Å². The quantitative estimate of drug-likeness (QED) is 0.417. The maximum atomic E-state index is 13.6. The molecule has 7 heteroatoms. The molecule has 1 aliphatic rings. The largest absolute Gasteiger partial charge is 0.494 e. The number of nitrogens with zero attached hydrogens (tertiary/aromatic N) is 2. The lowest BCUT2D eigenvalue weighted by Crippen LogP contribution is -2.29. The van der Waals surface area contributed by atoms with Crippen molar-refractivity contribution in [1.82, 2.24) is 10.2 Å². The second-order valence-electron chi connectivity index (χ2n) is 8.16. The summed E-state index contributed by atoms with van der Waals surface area (Å²) in [6.07, 6.45) is 0. The van der Waals surface area contributed by atoms with E-state index in [1.54, 1.807) is 17.0 Å². The van der Waals surface area contributed by atoms with Crippen molar-refractivity contribution >= 4 is 17.6 Å². The summed E-state index contributed by atoms with van der Waals surface area (Å²) in [6, 6.07) is 21.6. The standard InChI is InChI=1S/C27H23N3O4/c1-3-34-21-14-10-18(11-15-21)25-22-23(17-6-4-16(2)5-7-17)28-29-24(22)26(31)30(25)20-12-8-19(9-13-20)27(32)33/h4-15,25H,3H2,1-2H3,(H,28,29)(H,32,33)/t25-/m1/s1. The lowest BCUT2D eigenvalue weighted by molar-refractivity contribution is 0.0696. The highest BCUT2D eigenvalue weighted by molar-refractivity contribution is 6.11. The number of carbonyl (C=O) groups is 2. The molecular formula is C27H23N3O4. The Balaban J connectivity index is 1.65. The minimum atomic E-state index is -1.02. The van der Waals surface area contributed by atoms with Crippen molar-refractivity contribution in [2.24, 2.45) is 0 Å². The number of H-pyrrole nitrogens is 1. The first-order valence-corrected chi connectivity index (χ1v) is 11.0. The van der Waals surface area contributed by atoms with E-state index in [0.717, 1.165) is 28.0 Å². The lowest BCUT2D eigenvalue weighted by Gasteiger charge is -2.26. The third kappa shape index (κ3) is 3.61. The number of aromatic carboxylic acids is 1. The fraction of sp³-hybridized carbons (Fsp3) is 0.148. The number of carboxylic acid groups (broad SMARTS) is 1. The molecule has 0 spiro atoms. The second-order valence-corrected chi connectivity index (χ2v) is 8.16. The van der Waals surface area contributed by atoms with E-state index >= 15 is 0 Å². The molecule has 0 saturated carbocycles. The molecule has 170 valence electrons. The molecule has 5 rings (SSSR count). The summed E-state index contributed by atoms with van der Waals surface area (Å²) < 4.78 is 5.60. The number of benzene rings is 3. The second kappa shape index (κ2) is 8.51. The fourth-order valence-corrected chi connectivity index (χ4v) is 4.34. The van der Waals surface area contributed by atoms with Crippen molar-refractivity contribution in [2.75, 3.05) is 11.5 Å². The Bertz CT molecular complexity index is 1360. The van der Waals surface area contributed by atoms with Crippen LogP contribution in [0.5, 0.6) is 5.75 Å². The monoisotopic (exact) mass is 453 g/mol. The molecule has 0 saturated heterocycles. The topological polar surface area (TPSA) is 95.5 Å². The van der Waals surface area contributed by atoms with Crippen LogP contribution in [0.3, 0.4) is 0 Å². The Kier molecular flexibility index (Phi) is 5.37. The SMILES string of the molecule is CCOc1ccc([C@@H]2c3c(-c4ccc(C)cc4)n[nH]c3C(=O)N2c2ccc(C(=O)O)cc2)cc1. The minimum absolute atomic E-state index is 0.161. The van der Waals surface area contributed by atoms with Crippen LogP contribution in [0.1, 0.15) is 50.5 Å². The van der Waals surface area contributed by atoms with Crippen molar-refractivity contribution in [1.29, 1.82) is 0 Å². The van der Waals surface area contributed by atoms with Gasteiger partial charge in [0.25, 0.3) is 5.91 Å². The number of hydrogen-bond acceptors (Lipinski definition) is 4. The zero-order valence-electron chi connectivity index (χ0n) is 18.8. The molecule has 0 aliphatic carbocycles. The van der Waals surface area contributed by atoms with Crippen LogP contribution in [0.15, 0.2) is 72.8 Å². The summed E-state index contributed by atoms with van der Waals surface area (Å²) in [7, 11) is 0. The van der Waals surface area contributed by atoms with Crippen LogP contribution in [0.25, 0.3) is 11.3 Å². The number of nitrogens with one attached hydrogen (secondary N) is 1. The lowest BCUT2D eigenvalue weighted by atomic mass is 9.95. The average molecular weight is 453 g/mol. The Morgan fingerprint density at radius 1 is 1.03 bits per heavy atom. The van der Waals surface area contributed by atoms with Gasteiger partial charge >= 0.3 is 5.97 Å². The molecule has 0 unspecified atom stereocenters. The third-order valence-corrected chi connectivity index (χ3v) is 5.99. The summed E-state index contributed by atoms with van der Waals surface area (Å²) in [5.41, 5.74) is 5.64. The molecule has 0 bridgehead atoms. The average Bonchev–Trinajstić information content (AvgIpc) is 3.39. The number of fused-ring (bicyclic) bond motifs is 1. The predicted octanol–water partition coefficient (Wildman–Crippen LogP) is 5.23. The van der Waals surface area contributed by atoms with Gasteiger partial charge < -0.3 is 9.84 Å². The molecule has 34 heavy (non-hydrogen) atoms. The van der Waals surface area contributed by atoms with Crippen LogP contribution in [0.2, 0.25) is 0 Å². The third-order valence-electron chi connectivity index (χ3n) is 5.99. The van der Waals surface area contributed by atoms with Gasteiger partial charge in [-0.05, 0) is 55.8 Å². The van der Waals surface area contributed by atoms with E-state index in [-0.39, 0.29) is 11.5 Å². The van der Waals surface area contributed by atoms with E-state index in [1.165, 1.54) is 12.1 Å². The molecule has 1 aromatic heterocycles. The molecule has 2 N–H and O–H groups in total. The number of carbonyl (C=O) groups excluding carboxylic acids is 1. The number of amides is 1. The smallest absolute Gasteiger partial charge is 0.335 e. The number of ether oxygens (including phenoxy) is 1.